The molecule has 0 bridgehead atoms. The van der Waals surface area contributed by atoms with Crippen molar-refractivity contribution in [2.45, 2.75) is 33.2 Å². The van der Waals surface area contributed by atoms with Crippen molar-refractivity contribution in [3.05, 3.63) is 53.1 Å². The van der Waals surface area contributed by atoms with Gasteiger partial charge in [-0.15, -0.1) is 24.0 Å². The normalized spacial score (nSPS) is 16.9. The summed E-state index contributed by atoms with van der Waals surface area (Å²) in [5, 5.41) is 6.75. The molecular formula is C25H34IN3O4. The van der Waals surface area contributed by atoms with Crippen molar-refractivity contribution >= 4 is 29.9 Å². The van der Waals surface area contributed by atoms with Crippen LogP contribution in [0.5, 0.6) is 17.2 Å². The van der Waals surface area contributed by atoms with Gasteiger partial charge in [-0.1, -0.05) is 18.2 Å². The van der Waals surface area contributed by atoms with Crippen LogP contribution in [0.2, 0.25) is 0 Å². The number of ether oxygens (including phenoxy) is 4. The average Bonchev–Trinajstić information content (AvgIpc) is 3.48. The lowest BCUT2D eigenvalue weighted by atomic mass is 10.1. The van der Waals surface area contributed by atoms with Crippen molar-refractivity contribution in [3.63, 3.8) is 0 Å². The number of halogens is 1. The number of nitrogens with zero attached hydrogens (tertiary/aromatic N) is 1. The predicted octanol–water partition coefficient (Wildman–Crippen LogP) is 4.05. The van der Waals surface area contributed by atoms with Gasteiger partial charge in [0.25, 0.3) is 0 Å². The summed E-state index contributed by atoms with van der Waals surface area (Å²) in [5.74, 6) is 3.81. The largest absolute Gasteiger partial charge is 0.493 e. The van der Waals surface area contributed by atoms with E-state index in [-0.39, 0.29) is 24.0 Å². The lowest BCUT2D eigenvalue weighted by molar-refractivity contribution is 0.166. The Bertz CT molecular complexity index is 932. The number of benzene rings is 2. The smallest absolute Gasteiger partial charge is 0.231 e. The number of hydrogen-bond donors (Lipinski definition) is 2. The van der Waals surface area contributed by atoms with E-state index in [2.05, 4.69) is 48.7 Å². The summed E-state index contributed by atoms with van der Waals surface area (Å²) < 4.78 is 22.5. The maximum Gasteiger partial charge on any atom is 0.231 e. The van der Waals surface area contributed by atoms with Gasteiger partial charge >= 0.3 is 0 Å². The molecule has 1 unspecified atom stereocenters. The molecule has 2 aliphatic rings. The second kappa shape index (κ2) is 12.9. The molecule has 2 aliphatic heterocycles. The summed E-state index contributed by atoms with van der Waals surface area (Å²) >= 11 is 0. The Morgan fingerprint density at radius 1 is 1.12 bits per heavy atom. The van der Waals surface area contributed by atoms with E-state index in [4.69, 9.17) is 23.9 Å². The van der Waals surface area contributed by atoms with Crippen LogP contribution >= 0.6 is 24.0 Å². The number of rotatable bonds is 9. The van der Waals surface area contributed by atoms with Crippen LogP contribution in [-0.2, 0) is 17.7 Å². The van der Waals surface area contributed by atoms with E-state index in [1.54, 1.807) is 0 Å². The second-order valence-corrected chi connectivity index (χ2v) is 8.21. The molecule has 33 heavy (non-hydrogen) atoms. The van der Waals surface area contributed by atoms with Crippen LogP contribution < -0.4 is 24.8 Å². The van der Waals surface area contributed by atoms with Crippen LogP contribution in [0.3, 0.4) is 0 Å². The van der Waals surface area contributed by atoms with Crippen molar-refractivity contribution in [3.8, 4) is 17.2 Å². The minimum absolute atomic E-state index is 0. The minimum atomic E-state index is 0. The standard InChI is InChI=1S/C25H33N3O4.HI/c1-3-26-25(27-10-8-19-5-7-22-24(13-19)32-17-31-22)28-14-21-6-4-18(2)12-23(21)30-16-20-9-11-29-15-20;/h4-7,12-13,20H,3,8-11,14-17H2,1-2H3,(H2,26,27,28);1H. The second-order valence-electron chi connectivity index (χ2n) is 8.21. The number of aryl methyl sites for hydroxylation is 1. The molecule has 0 amide bonds. The molecule has 0 aromatic heterocycles. The predicted molar refractivity (Wildman–Crippen MR) is 140 cm³/mol. The molecule has 180 valence electrons. The molecule has 0 spiro atoms. The molecule has 4 rings (SSSR count). The van der Waals surface area contributed by atoms with Gasteiger partial charge in [-0.2, -0.15) is 0 Å². The van der Waals surface area contributed by atoms with Crippen molar-refractivity contribution < 1.29 is 18.9 Å². The number of guanidine groups is 1. The molecule has 0 saturated carbocycles. The molecule has 2 aromatic rings. The SMILES string of the molecule is CCNC(=NCc1ccc(C)cc1OCC1CCOC1)NCCc1ccc2c(c1)OCO2.I. The summed E-state index contributed by atoms with van der Waals surface area (Å²) in [6.07, 6.45) is 1.93. The van der Waals surface area contributed by atoms with Crippen molar-refractivity contribution in [1.29, 1.82) is 0 Å². The molecule has 2 aromatic carbocycles. The van der Waals surface area contributed by atoms with Gasteiger partial charge in [-0.25, -0.2) is 4.99 Å². The highest BCUT2D eigenvalue weighted by molar-refractivity contribution is 14.0. The van der Waals surface area contributed by atoms with E-state index in [1.807, 2.05) is 12.1 Å². The fourth-order valence-electron chi connectivity index (χ4n) is 3.78. The Morgan fingerprint density at radius 2 is 2.00 bits per heavy atom. The molecule has 0 aliphatic carbocycles. The van der Waals surface area contributed by atoms with Crippen LogP contribution in [-0.4, -0.2) is 45.7 Å². The van der Waals surface area contributed by atoms with Gasteiger partial charge in [0.15, 0.2) is 17.5 Å². The fraction of sp³-hybridized carbons (Fsp3) is 0.480. The van der Waals surface area contributed by atoms with Crippen molar-refractivity contribution in [2.75, 3.05) is 39.7 Å². The van der Waals surface area contributed by atoms with Crippen molar-refractivity contribution in [2.24, 2.45) is 10.9 Å². The maximum absolute atomic E-state index is 6.16. The number of hydrogen-bond acceptors (Lipinski definition) is 5. The molecule has 0 radical (unpaired) electrons. The number of aliphatic imine (C=N–C) groups is 1. The minimum Gasteiger partial charge on any atom is -0.493 e. The average molecular weight is 567 g/mol. The third-order valence-electron chi connectivity index (χ3n) is 5.62. The van der Waals surface area contributed by atoms with Gasteiger partial charge in [-0.3, -0.25) is 0 Å². The van der Waals surface area contributed by atoms with Crippen LogP contribution in [0.15, 0.2) is 41.4 Å². The van der Waals surface area contributed by atoms with Crippen LogP contribution in [0.1, 0.15) is 30.0 Å². The molecule has 2 heterocycles. The van der Waals surface area contributed by atoms with E-state index in [1.165, 1.54) is 11.1 Å². The quantitative estimate of drug-likeness (QED) is 0.271. The number of fused-ring (bicyclic) bond motifs is 1. The highest BCUT2D eigenvalue weighted by atomic mass is 127. The highest BCUT2D eigenvalue weighted by Crippen LogP contribution is 2.32. The summed E-state index contributed by atoms with van der Waals surface area (Å²) in [7, 11) is 0. The maximum atomic E-state index is 6.16. The van der Waals surface area contributed by atoms with E-state index >= 15 is 0 Å². The van der Waals surface area contributed by atoms with E-state index in [0.717, 1.165) is 67.9 Å². The molecule has 1 atom stereocenters. The molecule has 1 fully saturated rings. The Kier molecular flexibility index (Phi) is 9.93. The molecule has 1 saturated heterocycles. The first kappa shape index (κ1) is 25.4. The topological polar surface area (TPSA) is 73.3 Å². The zero-order valence-corrected chi connectivity index (χ0v) is 21.7. The molecule has 7 nitrogen and oxygen atoms in total. The van der Waals surface area contributed by atoms with E-state index < -0.39 is 0 Å². The van der Waals surface area contributed by atoms with E-state index in [0.29, 0.717) is 25.9 Å². The van der Waals surface area contributed by atoms with Crippen molar-refractivity contribution in [1.82, 2.24) is 10.6 Å². The van der Waals surface area contributed by atoms with Gasteiger partial charge in [0, 0.05) is 31.2 Å². The summed E-state index contributed by atoms with van der Waals surface area (Å²) in [6, 6.07) is 12.4. The monoisotopic (exact) mass is 567 g/mol. The lowest BCUT2D eigenvalue weighted by Gasteiger charge is -2.15. The fourth-order valence-corrected chi connectivity index (χ4v) is 3.78. The first-order chi connectivity index (χ1) is 15.7. The lowest BCUT2D eigenvalue weighted by Crippen LogP contribution is -2.38. The Hall–Kier alpha value is -2.20. The zero-order valence-electron chi connectivity index (χ0n) is 19.4. The summed E-state index contributed by atoms with van der Waals surface area (Å²) in [6.45, 7) is 8.89. The van der Waals surface area contributed by atoms with Crippen LogP contribution in [0.4, 0.5) is 0 Å². The third-order valence-corrected chi connectivity index (χ3v) is 5.62. The first-order valence-corrected chi connectivity index (χ1v) is 11.4. The summed E-state index contributed by atoms with van der Waals surface area (Å²) in [5.41, 5.74) is 3.47. The first-order valence-electron chi connectivity index (χ1n) is 11.4. The molecule has 8 heteroatoms. The Balaban J connectivity index is 0.00000306. The van der Waals surface area contributed by atoms with Gasteiger partial charge < -0.3 is 29.6 Å². The van der Waals surface area contributed by atoms with Gasteiger partial charge in [-0.05, 0) is 56.0 Å². The Labute approximate surface area is 213 Å². The van der Waals surface area contributed by atoms with Crippen LogP contribution in [0.25, 0.3) is 0 Å². The number of nitrogens with one attached hydrogen (secondary N) is 2. The molecule has 2 N–H and O–H groups in total. The van der Waals surface area contributed by atoms with Crippen LogP contribution in [0, 0.1) is 12.8 Å². The highest BCUT2D eigenvalue weighted by Gasteiger charge is 2.17. The Morgan fingerprint density at radius 3 is 2.82 bits per heavy atom. The zero-order chi connectivity index (χ0) is 22.2. The summed E-state index contributed by atoms with van der Waals surface area (Å²) in [4.78, 5) is 4.79. The van der Waals surface area contributed by atoms with Gasteiger partial charge in [0.1, 0.15) is 5.75 Å². The van der Waals surface area contributed by atoms with Gasteiger partial charge in [0.05, 0.1) is 19.8 Å². The molecular weight excluding hydrogens is 533 g/mol. The van der Waals surface area contributed by atoms with Gasteiger partial charge in [0.2, 0.25) is 6.79 Å². The van der Waals surface area contributed by atoms with E-state index in [9.17, 15) is 0 Å². The third kappa shape index (κ3) is 7.40.